The van der Waals surface area contributed by atoms with Crippen LogP contribution < -0.4 is 48.2 Å². The van der Waals surface area contributed by atoms with E-state index in [4.69, 9.17) is 23.8 Å². The molecule has 123 heavy (non-hydrogen) atoms. The first-order valence-corrected chi connectivity index (χ1v) is 45.2. The summed E-state index contributed by atoms with van der Waals surface area (Å²) in [7, 11) is -9.61. The second-order valence-electron chi connectivity index (χ2n) is 31.5. The fourth-order valence-electron chi connectivity index (χ4n) is 15.8. The first-order chi connectivity index (χ1) is 59.1. The predicted molar refractivity (Wildman–Crippen MR) is 447 cm³/mol. The van der Waals surface area contributed by atoms with E-state index in [1.165, 1.54) is 17.7 Å². The van der Waals surface area contributed by atoms with Crippen molar-refractivity contribution in [3.63, 3.8) is 0 Å². The van der Waals surface area contributed by atoms with E-state index in [0.717, 1.165) is 145 Å². The zero-order valence-corrected chi connectivity index (χ0v) is 71.5. The molecule has 0 bridgehead atoms. The van der Waals surface area contributed by atoms with Crippen LogP contribution in [0.25, 0.3) is 0 Å². The molecule has 0 unspecified atom stereocenters. The maximum absolute atomic E-state index is 12.8. The van der Waals surface area contributed by atoms with Gasteiger partial charge in [-0.2, -0.15) is 8.42 Å². The summed E-state index contributed by atoms with van der Waals surface area (Å²) in [5.74, 6) is -2.33. The smallest absolute Gasteiger partial charge is 0.432 e. The van der Waals surface area contributed by atoms with Crippen molar-refractivity contribution in [2.45, 2.75) is 184 Å². The highest BCUT2D eigenvalue weighted by Gasteiger charge is 2.60. The van der Waals surface area contributed by atoms with Crippen LogP contribution in [0.5, 0.6) is 0 Å². The lowest BCUT2D eigenvalue weighted by Crippen LogP contribution is -2.95. The molecule has 39 nitrogen and oxygen atoms in total. The van der Waals surface area contributed by atoms with Gasteiger partial charge in [-0.1, -0.05) is 121 Å². The molecule has 8 atom stereocenters. The van der Waals surface area contributed by atoms with Gasteiger partial charge in [0.05, 0.1) is 18.6 Å². The van der Waals surface area contributed by atoms with Crippen LogP contribution in [0, 0.1) is 0 Å². The molecular formula is C81H121BN17O22S2+. The zero-order valence-electron chi connectivity index (χ0n) is 69.9. The van der Waals surface area contributed by atoms with Crippen LogP contribution in [0.2, 0.25) is 6.82 Å². The summed E-state index contributed by atoms with van der Waals surface area (Å²) in [5, 5.41) is 31.7. The van der Waals surface area contributed by atoms with Gasteiger partial charge in [0, 0.05) is 123 Å². The van der Waals surface area contributed by atoms with E-state index < -0.39 is 81.7 Å². The zero-order chi connectivity index (χ0) is 88.1. The largest absolute Gasteiger partial charge is 0.731 e. The topological polar surface area (TPSA) is 503 Å². The second kappa shape index (κ2) is 50.2. The number of urea groups is 1. The maximum atomic E-state index is 12.8. The number of alkyl carbamates (subject to hydrolysis) is 4. The third-order valence-corrected chi connectivity index (χ3v) is 24.2. The van der Waals surface area contributed by atoms with Crippen molar-refractivity contribution in [2.24, 2.45) is 0 Å². The molecule has 9 fully saturated rings. The van der Waals surface area contributed by atoms with Crippen molar-refractivity contribution in [3.8, 4) is 0 Å². The van der Waals surface area contributed by atoms with Crippen molar-refractivity contribution < 1.29 is 114 Å². The number of carbonyl (C=O) groups excluding carboxylic acids is 10. The molecular weight excluding hydrogens is 1640 g/mol. The molecule has 9 heterocycles. The van der Waals surface area contributed by atoms with E-state index in [-0.39, 0.29) is 75.0 Å². The molecule has 0 saturated carbocycles. The van der Waals surface area contributed by atoms with Gasteiger partial charge in [-0.15, -0.1) is 5.06 Å². The minimum absolute atomic E-state index is 0.0665. The number of β-lactam (4-membered cyclic amide) rings is 2. The number of benzene rings is 4. The molecule has 676 valence electrons. The SMILES string of the molecule is CB(O)N[C@H]1CCCN(CCNC(=O)OCc2ccccc2)CC1.O=C(NCCN1CCC[C@H](NC(=O)N2CC[C@@H]3[C@H]2C(=O)N3S(=O)(=O)O)CC1)OCc1ccccc1.O=C(NCCN1CCC[C@H](NC(=O)ON2C(=O)CCC2=O)CC1)OCc1ccccc1.O=C1[C@H]2[NH2+]CC[C@H]2N1S(=O)(=O)[O-].[NH3+][C@H]1CCCN(CCNC(=O)OCc2ccccc2)CC1. The van der Waals surface area contributed by atoms with Gasteiger partial charge in [-0.25, -0.2) is 45.8 Å². The lowest BCUT2D eigenvalue weighted by molar-refractivity contribution is -0.664. The standard InChI is InChI=1S/C22H31N5O7S.C21H28N4O6.C17H28BN3O3.C16H25N3O2.C5H8N2O4S/c28-20-19-18(27(20)35(31,32)33)9-13-26(19)21(29)24-17-7-4-11-25(12-8-17)14-10-23-22(30)34-15-16-5-2-1-3-6-16;26-18-8-9-19(27)25(18)31-21(29)23-17-7-4-12-24(13-10-17)14-11-22-20(28)30-15-16-5-2-1-3-6-16;1-18(23)20-16-8-5-11-21(12-9-16)13-10-19-17(22)24-14-15-6-3-2-4-7-15;17-15-7-4-10-19(11-8-15)12-9-18-16(20)21-13-14-5-2-1-3-6-14;8-5-4-3(1-2-6-4)7(5)12(9,10)11/h1-3,5-6,17-19H,4,7-15H2,(H,23,30)(H,24,29)(H,31,32,33);1-3,5-6,17H,4,7-15H2,(H,22,28)(H,23,29);2-4,6-7,16,20,23H,5,8-14H2,1H3,(H,19,22);1-3,5-6,15H,4,7-13,17H2,(H,18,20);3-4,6H,1-2H2,(H,9,10,11)/p+1/t17-,18+,19-;17-;16-;15-;3-,4+/m00001/s1. The molecule has 0 aliphatic carbocycles. The summed E-state index contributed by atoms with van der Waals surface area (Å²) < 4.78 is 85.1. The normalized spacial score (nSPS) is 22.4. The van der Waals surface area contributed by atoms with Crippen LogP contribution in [-0.4, -0.2) is 302 Å². The van der Waals surface area contributed by atoms with Crippen LogP contribution in [0.3, 0.4) is 0 Å². The van der Waals surface area contributed by atoms with Gasteiger partial charge in [0.25, 0.3) is 23.6 Å². The summed E-state index contributed by atoms with van der Waals surface area (Å²) in [6.07, 6.45) is 10.1. The molecule has 13 rings (SSSR count). The highest BCUT2D eigenvalue weighted by molar-refractivity contribution is 7.84. The Balaban J connectivity index is 0.000000180. The van der Waals surface area contributed by atoms with Crippen LogP contribution in [-0.2, 0) is 90.0 Å². The highest BCUT2D eigenvalue weighted by atomic mass is 32.2. The van der Waals surface area contributed by atoms with E-state index >= 15 is 0 Å². The lowest BCUT2D eigenvalue weighted by atomic mass is 9.86. The van der Waals surface area contributed by atoms with Gasteiger partial charge < -0.3 is 106 Å². The minimum atomic E-state index is -4.60. The first-order valence-electron chi connectivity index (χ1n) is 42.4. The Morgan fingerprint density at radius 1 is 0.472 bits per heavy atom. The number of nitrogens with two attached hydrogens (primary N) is 1. The van der Waals surface area contributed by atoms with Crippen LogP contribution >= 0.6 is 0 Å². The van der Waals surface area contributed by atoms with Gasteiger partial charge in [-0.3, -0.25) is 23.7 Å². The van der Waals surface area contributed by atoms with Gasteiger partial charge in [0.1, 0.15) is 38.5 Å². The summed E-state index contributed by atoms with van der Waals surface area (Å²) >= 11 is 0. The molecule has 9 aliphatic rings. The van der Waals surface area contributed by atoms with E-state index in [9.17, 15) is 78.9 Å². The first kappa shape index (κ1) is 97.0. The van der Waals surface area contributed by atoms with Crippen molar-refractivity contribution >= 4 is 87.8 Å². The molecule has 9 saturated heterocycles. The maximum Gasteiger partial charge on any atom is 0.432 e. The monoisotopic (exact) mass is 1760 g/mol. The predicted octanol–water partition coefficient (Wildman–Crippen LogP) is 1.59. The fourth-order valence-corrected chi connectivity index (χ4v) is 17.6. The van der Waals surface area contributed by atoms with Gasteiger partial charge in [-0.05, 0) is 138 Å². The Kier molecular flexibility index (Phi) is 39.6. The molecule has 4 aromatic rings. The minimum Gasteiger partial charge on any atom is -0.731 e. The van der Waals surface area contributed by atoms with E-state index in [0.29, 0.717) is 104 Å². The number of carbonyl (C=O) groups is 10. The number of hydrogen-bond donors (Lipinski definition) is 11. The van der Waals surface area contributed by atoms with Crippen molar-refractivity contribution in [1.82, 2.24) is 75.3 Å². The summed E-state index contributed by atoms with van der Waals surface area (Å²) in [5.41, 5.74) is 7.97. The number of hydroxylamine groups is 2. The number of nitrogens with zero attached hydrogens (tertiary/aromatic N) is 8. The van der Waals surface area contributed by atoms with E-state index in [1.54, 1.807) is 12.1 Å². The quantitative estimate of drug-likeness (QED) is 0.0133. The number of quaternary nitrogens is 2. The second-order valence-corrected chi connectivity index (χ2v) is 34.0. The number of ether oxygens (including phenoxy) is 4. The van der Waals surface area contributed by atoms with Crippen molar-refractivity contribution in [1.29, 1.82) is 0 Å². The Labute approximate surface area is 719 Å². The van der Waals surface area contributed by atoms with Crippen molar-refractivity contribution in [3.05, 3.63) is 144 Å². The molecule has 0 radical (unpaired) electrons. The van der Waals surface area contributed by atoms with Gasteiger partial charge in [0.2, 0.25) is 0 Å². The number of likely N-dealkylation sites (tertiary alicyclic amines) is 5. The lowest BCUT2D eigenvalue weighted by Gasteiger charge is -2.42. The van der Waals surface area contributed by atoms with E-state index in [1.807, 2.05) is 121 Å². The number of fused-ring (bicyclic) bond motifs is 2. The molecule has 4 aromatic carbocycles. The Morgan fingerprint density at radius 2 is 0.854 bits per heavy atom. The van der Waals surface area contributed by atoms with E-state index in [2.05, 4.69) is 62.5 Å². The molecule has 0 aromatic heterocycles. The third-order valence-electron chi connectivity index (χ3n) is 22.3. The van der Waals surface area contributed by atoms with Crippen LogP contribution in [0.1, 0.15) is 125 Å². The number of imide groups is 1. The van der Waals surface area contributed by atoms with Gasteiger partial charge >= 0.3 is 53.9 Å². The Bertz CT molecular complexity index is 4250. The van der Waals surface area contributed by atoms with Crippen LogP contribution in [0.15, 0.2) is 121 Å². The fraction of sp³-hybridized carbons (Fsp3) is 0.580. The molecule has 0 spiro atoms. The third kappa shape index (κ3) is 33.3. The molecule has 9 aliphatic heterocycles. The average Bonchev–Trinajstić information content (AvgIpc) is 1.61. The average molecular weight is 1760 g/mol. The number of rotatable bonds is 27. The molecule has 11 amide bonds. The number of hydrogen-bond acceptors (Lipinski definition) is 26. The van der Waals surface area contributed by atoms with Gasteiger partial charge in [0.15, 0.2) is 16.3 Å². The Hall–Kier alpha value is -9.86. The summed E-state index contributed by atoms with van der Waals surface area (Å²) in [4.78, 5) is 133. The highest BCUT2D eigenvalue weighted by Crippen LogP contribution is 2.36. The van der Waals surface area contributed by atoms with Crippen molar-refractivity contribution in [2.75, 3.05) is 118 Å². The molecule has 42 heteroatoms. The molecule has 14 N–H and O–H groups in total. The summed E-state index contributed by atoms with van der Waals surface area (Å²) in [6, 6.07) is 36.5. The number of nitrogens with one attached hydrogen (secondary N) is 7. The number of amides is 11. The summed E-state index contributed by atoms with van der Waals surface area (Å²) in [6.45, 7) is 16.3. The Morgan fingerprint density at radius 3 is 1.25 bits per heavy atom. The van der Waals surface area contributed by atoms with Crippen LogP contribution in [0.4, 0.5) is 28.8 Å².